The summed E-state index contributed by atoms with van der Waals surface area (Å²) in [5.41, 5.74) is 0. The van der Waals surface area contributed by atoms with Crippen molar-refractivity contribution in [3.05, 3.63) is 11.6 Å². The van der Waals surface area contributed by atoms with Gasteiger partial charge in [-0.15, -0.1) is 0 Å². The molecule has 0 bridgehead atoms. The fourth-order valence-electron chi connectivity index (χ4n) is 2.33. The van der Waals surface area contributed by atoms with E-state index in [4.69, 9.17) is 5.11 Å². The first-order valence-electron chi connectivity index (χ1n) is 6.58. The van der Waals surface area contributed by atoms with Gasteiger partial charge in [-0.05, 0) is 19.8 Å². The highest BCUT2D eigenvalue weighted by Crippen LogP contribution is 2.18. The monoisotopic (exact) mass is 281 g/mol. The van der Waals surface area contributed by atoms with E-state index in [0.717, 1.165) is 6.42 Å². The summed E-state index contributed by atoms with van der Waals surface area (Å²) >= 11 is 0. The Kier molecular flexibility index (Phi) is 4.21. The van der Waals surface area contributed by atoms with Crippen LogP contribution in [-0.2, 0) is 11.3 Å². The second kappa shape index (κ2) is 5.89. The van der Waals surface area contributed by atoms with Crippen LogP contribution in [0.2, 0.25) is 0 Å². The highest BCUT2D eigenvalue weighted by Gasteiger charge is 2.29. The van der Waals surface area contributed by atoms with Crippen molar-refractivity contribution in [2.24, 2.45) is 5.92 Å². The van der Waals surface area contributed by atoms with E-state index in [0.29, 0.717) is 31.2 Å². The third kappa shape index (κ3) is 3.25. The molecular weight excluding hydrogens is 262 g/mol. The van der Waals surface area contributed by atoms with Gasteiger partial charge in [0, 0.05) is 20.1 Å². The molecule has 0 aromatic carbocycles. The van der Waals surface area contributed by atoms with Gasteiger partial charge in [0.05, 0.1) is 12.5 Å². The van der Waals surface area contributed by atoms with Crippen LogP contribution in [-0.4, -0.2) is 62.2 Å². The van der Waals surface area contributed by atoms with Crippen molar-refractivity contribution in [3.63, 3.8) is 0 Å². The van der Waals surface area contributed by atoms with Gasteiger partial charge < -0.3 is 14.9 Å². The molecule has 0 saturated carbocycles. The number of piperidine rings is 1. The van der Waals surface area contributed by atoms with Crippen molar-refractivity contribution in [2.45, 2.75) is 26.3 Å². The number of aromatic amines is 1. The number of carbonyl (C=O) groups is 2. The van der Waals surface area contributed by atoms with Crippen LogP contribution in [0.4, 0.5) is 4.79 Å². The van der Waals surface area contributed by atoms with Crippen LogP contribution >= 0.6 is 0 Å². The normalized spacial score (nSPS) is 18.9. The molecule has 1 aromatic heterocycles. The summed E-state index contributed by atoms with van der Waals surface area (Å²) in [6, 6.07) is -0.182. The number of carbonyl (C=O) groups excluding carboxylic acids is 1. The van der Waals surface area contributed by atoms with Crippen LogP contribution in [0.5, 0.6) is 0 Å². The minimum atomic E-state index is -0.838. The van der Waals surface area contributed by atoms with Gasteiger partial charge in [-0.1, -0.05) is 0 Å². The van der Waals surface area contributed by atoms with Crippen molar-refractivity contribution >= 4 is 12.0 Å². The summed E-state index contributed by atoms with van der Waals surface area (Å²) in [5, 5.41) is 15.7. The van der Waals surface area contributed by atoms with E-state index in [-0.39, 0.29) is 12.6 Å². The molecule has 1 fully saturated rings. The lowest BCUT2D eigenvalue weighted by atomic mass is 9.99. The van der Waals surface area contributed by atoms with E-state index in [1.807, 2.05) is 0 Å². The molecule has 110 valence electrons. The number of aliphatic carboxylic acids is 1. The minimum absolute atomic E-state index is 0.182. The SMILES string of the molecule is Cc1nc(CN(C)C(=O)N2CCC[C@H](C(=O)O)C2)n[nH]1. The fourth-order valence-corrected chi connectivity index (χ4v) is 2.33. The zero-order valence-electron chi connectivity index (χ0n) is 11.7. The van der Waals surface area contributed by atoms with Crippen molar-refractivity contribution in [1.82, 2.24) is 25.0 Å². The third-order valence-electron chi connectivity index (χ3n) is 3.39. The molecule has 1 aliphatic heterocycles. The number of carboxylic acid groups (broad SMARTS) is 1. The average molecular weight is 281 g/mol. The maximum absolute atomic E-state index is 12.3. The number of likely N-dealkylation sites (tertiary alicyclic amines) is 1. The number of nitrogens with zero attached hydrogens (tertiary/aromatic N) is 4. The summed E-state index contributed by atoms with van der Waals surface area (Å²) in [5.74, 6) is -0.0588. The van der Waals surface area contributed by atoms with Gasteiger partial charge in [-0.2, -0.15) is 5.10 Å². The Bertz CT molecular complexity index is 501. The van der Waals surface area contributed by atoms with Gasteiger partial charge in [-0.3, -0.25) is 9.89 Å². The molecule has 1 aliphatic rings. The zero-order chi connectivity index (χ0) is 14.7. The van der Waals surface area contributed by atoms with Gasteiger partial charge in [0.25, 0.3) is 0 Å². The molecule has 1 atom stereocenters. The summed E-state index contributed by atoms with van der Waals surface area (Å²) in [6.07, 6.45) is 1.35. The molecule has 0 aliphatic carbocycles. The smallest absolute Gasteiger partial charge is 0.320 e. The number of carboxylic acids is 1. The molecule has 0 radical (unpaired) electrons. The average Bonchev–Trinajstić information content (AvgIpc) is 2.83. The van der Waals surface area contributed by atoms with Crippen molar-refractivity contribution in [3.8, 4) is 0 Å². The molecule has 2 N–H and O–H groups in total. The Labute approximate surface area is 116 Å². The summed E-state index contributed by atoms with van der Waals surface area (Å²) in [4.78, 5) is 30.5. The summed E-state index contributed by atoms with van der Waals surface area (Å²) < 4.78 is 0. The summed E-state index contributed by atoms with van der Waals surface area (Å²) in [6.45, 7) is 2.96. The Morgan fingerprint density at radius 1 is 1.55 bits per heavy atom. The molecule has 1 saturated heterocycles. The number of hydrogen-bond donors (Lipinski definition) is 2. The third-order valence-corrected chi connectivity index (χ3v) is 3.39. The van der Waals surface area contributed by atoms with Gasteiger partial charge in [0.15, 0.2) is 5.82 Å². The van der Waals surface area contributed by atoms with Crippen molar-refractivity contribution in [1.29, 1.82) is 0 Å². The largest absolute Gasteiger partial charge is 0.481 e. The lowest BCUT2D eigenvalue weighted by Crippen LogP contribution is -2.47. The maximum atomic E-state index is 12.3. The number of amides is 2. The number of nitrogens with one attached hydrogen (secondary N) is 1. The minimum Gasteiger partial charge on any atom is -0.481 e. The number of hydrogen-bond acceptors (Lipinski definition) is 4. The van der Waals surface area contributed by atoms with E-state index < -0.39 is 11.9 Å². The van der Waals surface area contributed by atoms with E-state index in [1.165, 1.54) is 4.90 Å². The van der Waals surface area contributed by atoms with E-state index in [9.17, 15) is 9.59 Å². The molecule has 2 amide bonds. The number of H-pyrrole nitrogens is 1. The molecule has 2 rings (SSSR count). The number of aromatic nitrogens is 3. The van der Waals surface area contributed by atoms with E-state index >= 15 is 0 Å². The second-order valence-electron chi connectivity index (χ2n) is 5.10. The van der Waals surface area contributed by atoms with Gasteiger partial charge in [-0.25, -0.2) is 9.78 Å². The van der Waals surface area contributed by atoms with Gasteiger partial charge >= 0.3 is 12.0 Å². The molecule has 8 heteroatoms. The molecule has 0 spiro atoms. The van der Waals surface area contributed by atoms with Crippen LogP contribution in [0.3, 0.4) is 0 Å². The molecular formula is C12H19N5O3. The van der Waals surface area contributed by atoms with Crippen LogP contribution in [0.15, 0.2) is 0 Å². The predicted molar refractivity (Wildman–Crippen MR) is 69.9 cm³/mol. The quantitative estimate of drug-likeness (QED) is 0.838. The topological polar surface area (TPSA) is 102 Å². The first kappa shape index (κ1) is 14.3. The zero-order valence-corrected chi connectivity index (χ0v) is 11.7. The molecule has 1 aromatic rings. The molecule has 0 unspecified atom stereocenters. The first-order valence-corrected chi connectivity index (χ1v) is 6.58. The number of rotatable bonds is 3. The molecule has 8 nitrogen and oxygen atoms in total. The summed E-state index contributed by atoms with van der Waals surface area (Å²) in [7, 11) is 1.67. The number of urea groups is 1. The van der Waals surface area contributed by atoms with Gasteiger partial charge in [0.1, 0.15) is 5.82 Å². The number of aryl methyl sites for hydroxylation is 1. The maximum Gasteiger partial charge on any atom is 0.320 e. The van der Waals surface area contributed by atoms with Crippen LogP contribution < -0.4 is 0 Å². The van der Waals surface area contributed by atoms with Crippen LogP contribution in [0.1, 0.15) is 24.5 Å². The van der Waals surface area contributed by atoms with Crippen LogP contribution in [0.25, 0.3) is 0 Å². The highest BCUT2D eigenvalue weighted by molar-refractivity contribution is 5.76. The lowest BCUT2D eigenvalue weighted by Gasteiger charge is -2.33. The van der Waals surface area contributed by atoms with Crippen LogP contribution in [0, 0.1) is 12.8 Å². The van der Waals surface area contributed by atoms with E-state index in [2.05, 4.69) is 15.2 Å². The fraction of sp³-hybridized carbons (Fsp3) is 0.667. The Hall–Kier alpha value is -2.12. The molecule has 20 heavy (non-hydrogen) atoms. The van der Waals surface area contributed by atoms with Gasteiger partial charge in [0.2, 0.25) is 0 Å². The van der Waals surface area contributed by atoms with E-state index in [1.54, 1.807) is 18.9 Å². The Balaban J connectivity index is 1.94. The highest BCUT2D eigenvalue weighted by atomic mass is 16.4. The first-order chi connectivity index (χ1) is 9.47. The molecule has 2 heterocycles. The Morgan fingerprint density at radius 2 is 2.30 bits per heavy atom. The standard InChI is InChI=1S/C12H19N5O3/c1-8-13-10(15-14-8)7-16(2)12(20)17-5-3-4-9(6-17)11(18)19/h9H,3-7H2,1-2H3,(H,18,19)(H,13,14,15)/t9-/m0/s1. The van der Waals surface area contributed by atoms with Crippen molar-refractivity contribution in [2.75, 3.05) is 20.1 Å². The lowest BCUT2D eigenvalue weighted by molar-refractivity contribution is -0.143. The Morgan fingerprint density at radius 3 is 2.90 bits per heavy atom. The predicted octanol–water partition coefficient (Wildman–Crippen LogP) is 0.462. The second-order valence-corrected chi connectivity index (χ2v) is 5.10. The van der Waals surface area contributed by atoms with Crippen molar-refractivity contribution < 1.29 is 14.7 Å².